The van der Waals surface area contributed by atoms with Gasteiger partial charge in [0.1, 0.15) is 5.54 Å². The van der Waals surface area contributed by atoms with Gasteiger partial charge in [-0.1, -0.05) is 13.8 Å². The number of likely N-dealkylation sites (N-methyl/N-ethyl adjacent to an activating group) is 1. The zero-order valence-electron chi connectivity index (χ0n) is 11.7. The van der Waals surface area contributed by atoms with E-state index in [1.807, 2.05) is 14.1 Å². The van der Waals surface area contributed by atoms with Gasteiger partial charge in [-0.2, -0.15) is 0 Å². The van der Waals surface area contributed by atoms with Gasteiger partial charge in [-0.3, -0.25) is 4.79 Å². The van der Waals surface area contributed by atoms with Gasteiger partial charge in [0.05, 0.1) is 7.11 Å². The Morgan fingerprint density at radius 1 is 1.47 bits per heavy atom. The molecular weight excluding hydrogens is 216 g/mol. The van der Waals surface area contributed by atoms with Crippen LogP contribution in [-0.2, 0) is 9.53 Å². The van der Waals surface area contributed by atoms with Gasteiger partial charge in [-0.25, -0.2) is 0 Å². The van der Waals surface area contributed by atoms with E-state index in [0.717, 1.165) is 25.9 Å². The molecule has 4 nitrogen and oxygen atoms in total. The second kappa shape index (κ2) is 5.83. The Balaban J connectivity index is 2.49. The Kier molecular flexibility index (Phi) is 4.95. The average Bonchev–Trinajstić information content (AvgIpc) is 2.19. The molecule has 1 aliphatic rings. The fourth-order valence-electron chi connectivity index (χ4n) is 2.40. The van der Waals surface area contributed by atoms with Gasteiger partial charge >= 0.3 is 5.97 Å². The molecule has 0 aromatic heterocycles. The molecule has 1 aliphatic carbocycles. The van der Waals surface area contributed by atoms with Crippen molar-refractivity contribution in [2.45, 2.75) is 32.2 Å². The summed E-state index contributed by atoms with van der Waals surface area (Å²) in [7, 11) is 5.54. The summed E-state index contributed by atoms with van der Waals surface area (Å²) in [5, 5.41) is 3.38. The van der Waals surface area contributed by atoms with Crippen molar-refractivity contribution in [3.8, 4) is 0 Å². The molecule has 0 radical (unpaired) electrons. The van der Waals surface area contributed by atoms with Crippen molar-refractivity contribution in [1.82, 2.24) is 10.2 Å². The lowest BCUT2D eigenvalue weighted by molar-refractivity contribution is -0.156. The summed E-state index contributed by atoms with van der Waals surface area (Å²) in [6.45, 7) is 6.19. The highest BCUT2D eigenvalue weighted by molar-refractivity contribution is 5.82. The Morgan fingerprint density at radius 2 is 2.06 bits per heavy atom. The van der Waals surface area contributed by atoms with E-state index in [2.05, 4.69) is 24.1 Å². The van der Waals surface area contributed by atoms with Crippen molar-refractivity contribution in [3.05, 3.63) is 0 Å². The number of carbonyl (C=O) groups excluding carboxylic acids is 1. The zero-order chi connectivity index (χ0) is 13.1. The minimum Gasteiger partial charge on any atom is -0.468 e. The predicted octanol–water partition coefficient (Wildman–Crippen LogP) is 1.12. The van der Waals surface area contributed by atoms with Gasteiger partial charge in [0.2, 0.25) is 0 Å². The van der Waals surface area contributed by atoms with Crippen LogP contribution in [0.25, 0.3) is 0 Å². The Labute approximate surface area is 105 Å². The molecule has 1 fully saturated rings. The van der Waals surface area contributed by atoms with Crippen LogP contribution in [0.2, 0.25) is 0 Å². The Morgan fingerprint density at radius 3 is 2.47 bits per heavy atom. The summed E-state index contributed by atoms with van der Waals surface area (Å²) >= 11 is 0. The smallest absolute Gasteiger partial charge is 0.326 e. The third-order valence-electron chi connectivity index (χ3n) is 3.76. The molecule has 0 unspecified atom stereocenters. The summed E-state index contributed by atoms with van der Waals surface area (Å²) in [4.78, 5) is 14.0. The van der Waals surface area contributed by atoms with Crippen molar-refractivity contribution in [3.63, 3.8) is 0 Å². The zero-order valence-corrected chi connectivity index (χ0v) is 11.7. The van der Waals surface area contributed by atoms with Crippen LogP contribution in [0.4, 0.5) is 0 Å². The fraction of sp³-hybridized carbons (Fsp3) is 0.923. The van der Waals surface area contributed by atoms with Crippen LogP contribution >= 0.6 is 0 Å². The Hall–Kier alpha value is -0.610. The van der Waals surface area contributed by atoms with Crippen LogP contribution in [0.3, 0.4) is 0 Å². The molecule has 100 valence electrons. The highest BCUT2D eigenvalue weighted by atomic mass is 16.5. The van der Waals surface area contributed by atoms with Crippen molar-refractivity contribution >= 4 is 5.97 Å². The first-order chi connectivity index (χ1) is 7.91. The van der Waals surface area contributed by atoms with E-state index >= 15 is 0 Å². The van der Waals surface area contributed by atoms with E-state index in [1.165, 1.54) is 7.11 Å². The van der Waals surface area contributed by atoms with E-state index < -0.39 is 5.54 Å². The van der Waals surface area contributed by atoms with Crippen LogP contribution < -0.4 is 5.32 Å². The van der Waals surface area contributed by atoms with Crippen LogP contribution in [0, 0.1) is 11.8 Å². The van der Waals surface area contributed by atoms with Crippen molar-refractivity contribution in [2.24, 2.45) is 11.8 Å². The van der Waals surface area contributed by atoms with Crippen molar-refractivity contribution in [2.75, 3.05) is 34.3 Å². The highest BCUT2D eigenvalue weighted by Gasteiger charge is 2.51. The quantitative estimate of drug-likeness (QED) is 0.709. The fourth-order valence-corrected chi connectivity index (χ4v) is 2.40. The largest absolute Gasteiger partial charge is 0.468 e. The number of esters is 1. The summed E-state index contributed by atoms with van der Waals surface area (Å²) in [5.74, 6) is 1.18. The van der Waals surface area contributed by atoms with Crippen molar-refractivity contribution < 1.29 is 9.53 Å². The molecule has 17 heavy (non-hydrogen) atoms. The number of methoxy groups -OCH3 is 1. The van der Waals surface area contributed by atoms with E-state index in [4.69, 9.17) is 4.74 Å². The van der Waals surface area contributed by atoms with Gasteiger partial charge in [0, 0.05) is 13.1 Å². The third kappa shape index (κ3) is 3.42. The lowest BCUT2D eigenvalue weighted by atomic mass is 9.64. The summed E-state index contributed by atoms with van der Waals surface area (Å²) < 4.78 is 4.93. The first-order valence-corrected chi connectivity index (χ1v) is 6.39. The number of carbonyl (C=O) groups is 1. The normalized spacial score (nSPS) is 28.3. The summed E-state index contributed by atoms with van der Waals surface area (Å²) in [5.41, 5.74) is -0.417. The van der Waals surface area contributed by atoms with Crippen LogP contribution in [-0.4, -0.2) is 50.7 Å². The minimum atomic E-state index is -0.417. The van der Waals surface area contributed by atoms with Gasteiger partial charge in [0.25, 0.3) is 0 Å². The molecule has 0 aromatic rings. The maximum absolute atomic E-state index is 11.9. The molecule has 0 amide bonds. The first kappa shape index (κ1) is 14.5. The Bertz CT molecular complexity index is 258. The third-order valence-corrected chi connectivity index (χ3v) is 3.76. The van der Waals surface area contributed by atoms with Crippen LogP contribution in [0.15, 0.2) is 0 Å². The van der Waals surface area contributed by atoms with Gasteiger partial charge in [-0.15, -0.1) is 0 Å². The summed E-state index contributed by atoms with van der Waals surface area (Å²) in [6.07, 6.45) is 1.82. The minimum absolute atomic E-state index is 0.104. The molecule has 0 spiro atoms. The van der Waals surface area contributed by atoms with Gasteiger partial charge in [-0.05, 0) is 38.8 Å². The van der Waals surface area contributed by atoms with Crippen LogP contribution in [0.5, 0.6) is 0 Å². The maximum atomic E-state index is 11.9. The van der Waals surface area contributed by atoms with E-state index in [-0.39, 0.29) is 5.97 Å². The lowest BCUT2D eigenvalue weighted by Crippen LogP contribution is -2.62. The molecule has 0 bridgehead atoms. The van der Waals surface area contributed by atoms with E-state index in [0.29, 0.717) is 11.8 Å². The molecule has 0 aromatic carbocycles. The van der Waals surface area contributed by atoms with E-state index in [1.54, 1.807) is 0 Å². The molecule has 1 N–H and O–H groups in total. The predicted molar refractivity (Wildman–Crippen MR) is 68.9 cm³/mol. The molecule has 0 atom stereocenters. The van der Waals surface area contributed by atoms with Gasteiger partial charge in [0.15, 0.2) is 0 Å². The lowest BCUT2D eigenvalue weighted by Gasteiger charge is -2.47. The second-order valence-electron chi connectivity index (χ2n) is 5.72. The molecule has 1 saturated carbocycles. The average molecular weight is 242 g/mol. The summed E-state index contributed by atoms with van der Waals surface area (Å²) in [6, 6.07) is 0. The topological polar surface area (TPSA) is 41.6 Å². The number of rotatable bonds is 6. The monoisotopic (exact) mass is 242 g/mol. The molecular formula is C13H26N2O2. The second-order valence-corrected chi connectivity index (χ2v) is 5.72. The first-order valence-electron chi connectivity index (χ1n) is 6.39. The van der Waals surface area contributed by atoms with E-state index in [9.17, 15) is 4.79 Å². The number of hydrogen-bond acceptors (Lipinski definition) is 4. The number of nitrogens with zero attached hydrogens (tertiary/aromatic N) is 1. The standard InChI is InChI=1S/C13H26N2O2/c1-10(2)11-8-13(9-11,12(16)17-5)14-6-7-15(3)4/h10-11,14H,6-9H2,1-5H3. The number of ether oxygens (including phenoxy) is 1. The van der Waals surface area contributed by atoms with Crippen molar-refractivity contribution in [1.29, 1.82) is 0 Å². The number of hydrogen-bond donors (Lipinski definition) is 1. The number of nitrogens with one attached hydrogen (secondary N) is 1. The molecule has 1 rings (SSSR count). The molecule has 0 saturated heterocycles. The van der Waals surface area contributed by atoms with Gasteiger partial charge < -0.3 is 15.0 Å². The molecule has 0 heterocycles. The SMILES string of the molecule is COC(=O)C1(NCCN(C)C)CC(C(C)C)C1. The molecule has 4 heteroatoms. The molecule has 0 aliphatic heterocycles. The maximum Gasteiger partial charge on any atom is 0.326 e. The highest BCUT2D eigenvalue weighted by Crippen LogP contribution is 2.42. The van der Waals surface area contributed by atoms with Crippen LogP contribution in [0.1, 0.15) is 26.7 Å².